The van der Waals surface area contributed by atoms with E-state index in [1.807, 2.05) is 0 Å². The van der Waals surface area contributed by atoms with Gasteiger partial charge in [-0.2, -0.15) is 4.57 Å². The van der Waals surface area contributed by atoms with Crippen LogP contribution < -0.4 is 13.9 Å². The van der Waals surface area contributed by atoms with E-state index in [9.17, 15) is 0 Å². The average molecular weight is 880 g/mol. The second-order valence-electron chi connectivity index (χ2n) is 21.1. The van der Waals surface area contributed by atoms with E-state index >= 15 is 0 Å². The van der Waals surface area contributed by atoms with Crippen LogP contribution in [0.4, 0.5) is 0 Å². The van der Waals surface area contributed by atoms with Gasteiger partial charge in [-0.05, 0) is 122 Å². The normalized spacial score (nSPS) is 15.2. The van der Waals surface area contributed by atoms with Gasteiger partial charge in [0.05, 0.1) is 5.56 Å². The molecule has 3 aliphatic rings. The number of hydrogen-bond acceptors (Lipinski definition) is 1. The molecular weight excluding hydrogens is 827 g/mol. The molecule has 0 saturated heterocycles. The molecule has 5 heterocycles. The Morgan fingerprint density at radius 2 is 1.04 bits per heavy atom. The summed E-state index contributed by atoms with van der Waals surface area (Å²) < 4.78 is 15.3. The smallest absolute Gasteiger partial charge is 0.392 e. The summed E-state index contributed by atoms with van der Waals surface area (Å²) in [5, 5.41) is 0. The summed E-state index contributed by atoms with van der Waals surface area (Å²) in [5.41, 5.74) is 23.7. The van der Waals surface area contributed by atoms with Crippen molar-refractivity contribution >= 4 is 11.0 Å². The number of nitrogens with zero attached hydrogens (tertiary/aromatic N) is 3. The number of aryl methyl sites for hydroxylation is 1. The van der Waals surface area contributed by atoms with Gasteiger partial charge >= 0.3 is 11.7 Å². The molecule has 1 atom stereocenters. The molecular formula is C64H53N3O+2. The molecule has 13 rings (SSSR count). The first-order chi connectivity index (χ1) is 32.9. The van der Waals surface area contributed by atoms with Crippen LogP contribution in [0, 0.1) is 6.92 Å². The standard InChI is InChI=1S/C64H53N3O/c1-40-35-52(45-29-31-47(32-30-45)62(2,3)4)57(39-51(40)44-19-12-9-13-20-44)66-55-23-16-22-49-53-37-48(63(5,6)7)38-54-56-36-46(43-27-25-42(26-28-43)41-17-10-8-11-18-41)33-34-65(56)64(59(53)54)67(60(49)55)61(66)50-21-14-15-24-58(50)68-64/h8-39H,1-7H3/q+2. The molecule has 0 amide bonds. The number of ether oxygens (including phenoxy) is 1. The van der Waals surface area contributed by atoms with Crippen LogP contribution in [0.1, 0.15) is 63.8 Å². The van der Waals surface area contributed by atoms with Crippen molar-refractivity contribution in [3.05, 3.63) is 217 Å². The monoisotopic (exact) mass is 879 g/mol. The molecule has 0 N–H and O–H groups in total. The Morgan fingerprint density at radius 3 is 1.75 bits per heavy atom. The summed E-state index contributed by atoms with van der Waals surface area (Å²) in [7, 11) is 0. The lowest BCUT2D eigenvalue weighted by Gasteiger charge is -2.33. The van der Waals surface area contributed by atoms with Crippen molar-refractivity contribution in [1.82, 2.24) is 4.57 Å². The maximum atomic E-state index is 7.77. The Bertz CT molecular complexity index is 3700. The molecule has 4 nitrogen and oxygen atoms in total. The number of rotatable bonds is 5. The third-order valence-electron chi connectivity index (χ3n) is 14.8. The Morgan fingerprint density at radius 1 is 0.456 bits per heavy atom. The highest BCUT2D eigenvalue weighted by atomic mass is 16.5. The summed E-state index contributed by atoms with van der Waals surface area (Å²) in [6, 6.07) is 69.7. The Hall–Kier alpha value is -7.82. The van der Waals surface area contributed by atoms with Crippen molar-refractivity contribution in [3.8, 4) is 89.7 Å². The summed E-state index contributed by atoms with van der Waals surface area (Å²) >= 11 is 0. The van der Waals surface area contributed by atoms with Crippen LogP contribution in [0.3, 0.4) is 0 Å². The highest BCUT2D eigenvalue weighted by Crippen LogP contribution is 2.55. The van der Waals surface area contributed by atoms with Crippen molar-refractivity contribution < 1.29 is 13.9 Å². The zero-order chi connectivity index (χ0) is 46.3. The van der Waals surface area contributed by atoms with Crippen molar-refractivity contribution in [3.63, 3.8) is 0 Å². The molecule has 328 valence electrons. The zero-order valence-electron chi connectivity index (χ0n) is 39.7. The van der Waals surface area contributed by atoms with E-state index in [1.54, 1.807) is 0 Å². The van der Waals surface area contributed by atoms with E-state index in [0.29, 0.717) is 0 Å². The van der Waals surface area contributed by atoms with Crippen LogP contribution in [-0.2, 0) is 16.7 Å². The van der Waals surface area contributed by atoms with Crippen molar-refractivity contribution in [1.29, 1.82) is 0 Å². The number of para-hydroxylation sites is 2. The van der Waals surface area contributed by atoms with Crippen LogP contribution in [0.25, 0.3) is 95.0 Å². The number of hydrogen-bond donors (Lipinski definition) is 0. The van der Waals surface area contributed by atoms with Gasteiger partial charge in [-0.25, -0.2) is 0 Å². The van der Waals surface area contributed by atoms with E-state index < -0.39 is 5.85 Å². The predicted octanol–water partition coefficient (Wildman–Crippen LogP) is 15.0. The molecule has 10 aromatic rings. The summed E-state index contributed by atoms with van der Waals surface area (Å²) in [6.07, 6.45) is 2.28. The zero-order valence-corrected chi connectivity index (χ0v) is 39.7. The van der Waals surface area contributed by atoms with Crippen molar-refractivity contribution in [2.45, 2.75) is 65.1 Å². The molecule has 0 saturated carbocycles. The van der Waals surface area contributed by atoms with Gasteiger partial charge in [-0.15, -0.1) is 9.13 Å². The minimum Gasteiger partial charge on any atom is -0.392 e. The molecule has 1 unspecified atom stereocenters. The predicted molar refractivity (Wildman–Crippen MR) is 277 cm³/mol. The third kappa shape index (κ3) is 5.79. The molecule has 0 radical (unpaired) electrons. The van der Waals surface area contributed by atoms with Crippen LogP contribution in [0.5, 0.6) is 5.75 Å². The van der Waals surface area contributed by atoms with Crippen LogP contribution in [-0.4, -0.2) is 4.57 Å². The van der Waals surface area contributed by atoms with E-state index in [-0.39, 0.29) is 10.8 Å². The van der Waals surface area contributed by atoms with E-state index in [1.165, 1.54) is 77.9 Å². The van der Waals surface area contributed by atoms with Gasteiger partial charge in [-0.1, -0.05) is 169 Å². The first-order valence-electron chi connectivity index (χ1n) is 24.0. The van der Waals surface area contributed by atoms with Gasteiger partial charge < -0.3 is 4.74 Å². The van der Waals surface area contributed by atoms with E-state index in [2.05, 4.69) is 256 Å². The fourth-order valence-corrected chi connectivity index (χ4v) is 11.3. The quantitative estimate of drug-likeness (QED) is 0.158. The van der Waals surface area contributed by atoms with Crippen LogP contribution in [0.15, 0.2) is 194 Å². The number of imidazole rings is 1. The lowest BCUT2D eigenvalue weighted by molar-refractivity contribution is -0.997. The van der Waals surface area contributed by atoms with Gasteiger partial charge in [0.1, 0.15) is 22.6 Å². The second-order valence-corrected chi connectivity index (χ2v) is 21.1. The molecule has 0 aliphatic carbocycles. The van der Waals surface area contributed by atoms with Gasteiger partial charge in [0.25, 0.3) is 0 Å². The molecule has 1 spiro atoms. The SMILES string of the molecule is Cc1cc(-c2ccc(C(C)(C)C)cc2)c(-n2c3[n+]4c5c(cccc52)-c2cc(C(C)(C)C)cc5c2C4(Oc2ccccc2-3)[n+]2ccc(-c3ccc(-c4ccccc4)cc3)cc2-5)cc1-c1ccccc1. The summed E-state index contributed by atoms with van der Waals surface area (Å²) in [5.74, 6) is 0.876. The van der Waals surface area contributed by atoms with Crippen LogP contribution >= 0.6 is 0 Å². The summed E-state index contributed by atoms with van der Waals surface area (Å²) in [6.45, 7) is 16.1. The topological polar surface area (TPSA) is 21.9 Å². The molecule has 4 heteroatoms. The first-order valence-corrected chi connectivity index (χ1v) is 24.0. The minimum atomic E-state index is -1.06. The first kappa shape index (κ1) is 40.5. The largest absolute Gasteiger partial charge is 0.499 e. The fourth-order valence-electron chi connectivity index (χ4n) is 11.3. The number of aromatic nitrogens is 3. The van der Waals surface area contributed by atoms with E-state index in [0.717, 1.165) is 45.1 Å². The maximum absolute atomic E-state index is 7.77. The lowest BCUT2D eigenvalue weighted by Crippen LogP contribution is -2.78. The van der Waals surface area contributed by atoms with Crippen LogP contribution in [0.2, 0.25) is 0 Å². The average Bonchev–Trinajstić information content (AvgIpc) is 3.85. The Kier molecular flexibility index (Phi) is 8.53. The highest BCUT2D eigenvalue weighted by Gasteiger charge is 2.68. The third-order valence-corrected chi connectivity index (χ3v) is 14.8. The molecule has 2 aromatic heterocycles. The number of pyridine rings is 1. The molecule has 0 fully saturated rings. The summed E-state index contributed by atoms with van der Waals surface area (Å²) in [4.78, 5) is 0. The fraction of sp³-hybridized carbons (Fsp3) is 0.156. The second kappa shape index (κ2) is 14.3. The molecule has 68 heavy (non-hydrogen) atoms. The number of benzene rings is 8. The van der Waals surface area contributed by atoms with Gasteiger partial charge in [-0.3, -0.25) is 0 Å². The Balaban J connectivity index is 1.13. The van der Waals surface area contributed by atoms with Gasteiger partial charge in [0.2, 0.25) is 5.69 Å². The minimum absolute atomic E-state index is 0.0359. The molecule has 3 aliphatic heterocycles. The van der Waals surface area contributed by atoms with Gasteiger partial charge in [0.15, 0.2) is 17.2 Å². The van der Waals surface area contributed by atoms with Gasteiger partial charge in [0, 0.05) is 28.8 Å². The maximum Gasteiger partial charge on any atom is 0.499 e. The molecule has 0 bridgehead atoms. The molecule has 8 aromatic carbocycles. The van der Waals surface area contributed by atoms with Crippen molar-refractivity contribution in [2.24, 2.45) is 0 Å². The number of fused-ring (bicyclic) bond motifs is 5. The lowest BCUT2D eigenvalue weighted by atomic mass is 9.80. The Labute approximate surface area is 399 Å². The van der Waals surface area contributed by atoms with E-state index in [4.69, 9.17) is 4.74 Å². The highest BCUT2D eigenvalue weighted by molar-refractivity contribution is 5.99. The van der Waals surface area contributed by atoms with Crippen molar-refractivity contribution in [2.75, 3.05) is 0 Å².